The number of aromatic amines is 1. The SMILES string of the molecule is C=C(/C=C\C(C)=C/C)CC(=C)OC(=NC)c1c(O)c(-c2c(OC)cccc2OC)c(COCC)[nH]c1=O. The molecule has 2 aromatic rings. The molecule has 0 fully saturated rings. The molecule has 1 aromatic carbocycles. The smallest absolute Gasteiger partial charge is 0.264 e. The van der Waals surface area contributed by atoms with Crippen LogP contribution in [0.15, 0.2) is 76.3 Å². The molecular formula is C29H36N2O6. The molecule has 2 rings (SSSR count). The lowest BCUT2D eigenvalue weighted by Gasteiger charge is -2.20. The minimum atomic E-state index is -0.597. The highest BCUT2D eigenvalue weighted by atomic mass is 16.5. The molecule has 1 heterocycles. The molecular weight excluding hydrogens is 472 g/mol. The van der Waals surface area contributed by atoms with Gasteiger partial charge in [-0.05, 0) is 38.5 Å². The molecule has 0 bridgehead atoms. The van der Waals surface area contributed by atoms with Gasteiger partial charge in [0.15, 0.2) is 0 Å². The summed E-state index contributed by atoms with van der Waals surface area (Å²) >= 11 is 0. The number of hydrogen-bond acceptors (Lipinski definition) is 7. The molecule has 0 aliphatic rings. The van der Waals surface area contributed by atoms with Gasteiger partial charge in [-0.2, -0.15) is 0 Å². The molecule has 0 aliphatic carbocycles. The van der Waals surface area contributed by atoms with Crippen LogP contribution in [0.1, 0.15) is 38.4 Å². The zero-order valence-corrected chi connectivity index (χ0v) is 22.4. The van der Waals surface area contributed by atoms with Gasteiger partial charge in [0.25, 0.3) is 5.56 Å². The van der Waals surface area contributed by atoms with E-state index >= 15 is 0 Å². The second-order valence-corrected chi connectivity index (χ2v) is 8.08. The Kier molecular flexibility index (Phi) is 11.0. The number of pyridine rings is 1. The third-order valence-electron chi connectivity index (χ3n) is 5.51. The molecule has 8 heteroatoms. The van der Waals surface area contributed by atoms with Crippen LogP contribution in [0.5, 0.6) is 17.2 Å². The van der Waals surface area contributed by atoms with Crippen LogP contribution < -0.4 is 15.0 Å². The first-order valence-corrected chi connectivity index (χ1v) is 11.8. The van der Waals surface area contributed by atoms with Gasteiger partial charge in [-0.15, -0.1) is 0 Å². The van der Waals surface area contributed by atoms with Crippen molar-refractivity contribution >= 4 is 5.90 Å². The molecule has 0 spiro atoms. The van der Waals surface area contributed by atoms with Gasteiger partial charge in [-0.25, -0.2) is 0 Å². The van der Waals surface area contributed by atoms with E-state index in [9.17, 15) is 9.90 Å². The van der Waals surface area contributed by atoms with Crippen LogP contribution in [0, 0.1) is 0 Å². The number of rotatable bonds is 12. The van der Waals surface area contributed by atoms with Gasteiger partial charge in [0.2, 0.25) is 5.90 Å². The second kappa shape index (κ2) is 13.9. The van der Waals surface area contributed by atoms with Crippen LogP contribution >= 0.6 is 0 Å². The molecule has 37 heavy (non-hydrogen) atoms. The Morgan fingerprint density at radius 3 is 2.32 bits per heavy atom. The molecule has 0 atom stereocenters. The fraction of sp³-hybridized carbons (Fsp3) is 0.310. The zero-order chi connectivity index (χ0) is 27.5. The van der Waals surface area contributed by atoms with Crippen molar-refractivity contribution < 1.29 is 24.1 Å². The average molecular weight is 509 g/mol. The number of nitrogens with one attached hydrogen (secondary N) is 1. The normalized spacial score (nSPS) is 12.1. The predicted octanol–water partition coefficient (Wildman–Crippen LogP) is 5.68. The molecule has 2 N–H and O–H groups in total. The summed E-state index contributed by atoms with van der Waals surface area (Å²) in [6, 6.07) is 5.22. The number of allylic oxidation sites excluding steroid dienone is 5. The van der Waals surface area contributed by atoms with Crippen molar-refractivity contribution in [2.45, 2.75) is 33.8 Å². The van der Waals surface area contributed by atoms with Gasteiger partial charge in [0.1, 0.15) is 28.6 Å². The largest absolute Gasteiger partial charge is 0.506 e. The van der Waals surface area contributed by atoms with E-state index in [4.69, 9.17) is 18.9 Å². The first-order chi connectivity index (χ1) is 17.7. The van der Waals surface area contributed by atoms with Crippen LogP contribution in [0.3, 0.4) is 0 Å². The monoisotopic (exact) mass is 508 g/mol. The lowest BCUT2D eigenvalue weighted by molar-refractivity contribution is 0.131. The standard InChI is InChI=1S/C29H36N2O6/c1-9-18(3)14-15-19(4)16-20(5)37-29(30-6)26-27(32)24(21(17-36-10-2)31-28(26)33)25-22(34-7)12-11-13-23(25)35-8/h9,11-15H,4-5,10,16-17H2,1-3,6-8H3,(H2,31,32,33)/b15-14-,18-9-,30-29?. The first-order valence-electron chi connectivity index (χ1n) is 11.8. The van der Waals surface area contributed by atoms with E-state index in [-0.39, 0.29) is 29.4 Å². The summed E-state index contributed by atoms with van der Waals surface area (Å²) in [6.07, 6.45) is 6.09. The number of H-pyrrole nitrogens is 1. The number of hydrogen-bond donors (Lipinski definition) is 2. The number of aromatic hydroxyl groups is 1. The van der Waals surface area contributed by atoms with Crippen LogP contribution in [0.25, 0.3) is 11.1 Å². The van der Waals surface area contributed by atoms with Crippen LogP contribution in [0.2, 0.25) is 0 Å². The van der Waals surface area contributed by atoms with Crippen molar-refractivity contribution in [2.24, 2.45) is 4.99 Å². The Morgan fingerprint density at radius 1 is 1.14 bits per heavy atom. The quantitative estimate of drug-likeness (QED) is 0.166. The van der Waals surface area contributed by atoms with Gasteiger partial charge >= 0.3 is 0 Å². The predicted molar refractivity (Wildman–Crippen MR) is 148 cm³/mol. The second-order valence-electron chi connectivity index (χ2n) is 8.08. The van der Waals surface area contributed by atoms with E-state index < -0.39 is 5.56 Å². The minimum absolute atomic E-state index is 0.0417. The molecule has 0 amide bonds. The summed E-state index contributed by atoms with van der Waals surface area (Å²) in [5.41, 5.74) is 2.17. The Labute approximate surface area is 218 Å². The van der Waals surface area contributed by atoms with E-state index in [1.165, 1.54) is 21.3 Å². The maximum absolute atomic E-state index is 13.2. The summed E-state index contributed by atoms with van der Waals surface area (Å²) in [6.45, 7) is 14.2. The number of ether oxygens (including phenoxy) is 4. The van der Waals surface area contributed by atoms with Crippen molar-refractivity contribution in [2.75, 3.05) is 27.9 Å². The minimum Gasteiger partial charge on any atom is -0.506 e. The third-order valence-corrected chi connectivity index (χ3v) is 5.51. The number of methoxy groups -OCH3 is 2. The lowest BCUT2D eigenvalue weighted by Crippen LogP contribution is -2.23. The summed E-state index contributed by atoms with van der Waals surface area (Å²) < 4.78 is 22.5. The van der Waals surface area contributed by atoms with Crippen LogP contribution in [0.4, 0.5) is 0 Å². The van der Waals surface area contributed by atoms with Gasteiger partial charge in [-0.3, -0.25) is 9.79 Å². The number of nitrogens with zero attached hydrogens (tertiary/aromatic N) is 1. The van der Waals surface area contributed by atoms with Crippen molar-refractivity contribution in [1.29, 1.82) is 0 Å². The summed E-state index contributed by atoms with van der Waals surface area (Å²) in [4.78, 5) is 20.1. The Hall–Kier alpha value is -4.04. The molecule has 0 radical (unpaired) electrons. The molecule has 0 saturated heterocycles. The van der Waals surface area contributed by atoms with Gasteiger partial charge in [0, 0.05) is 20.1 Å². The summed E-state index contributed by atoms with van der Waals surface area (Å²) in [5, 5.41) is 11.5. The Bertz CT molecular complexity index is 1260. The maximum atomic E-state index is 13.2. The Morgan fingerprint density at radius 2 is 1.78 bits per heavy atom. The van der Waals surface area contributed by atoms with Gasteiger partial charge < -0.3 is 29.0 Å². The highest BCUT2D eigenvalue weighted by Crippen LogP contribution is 2.44. The highest BCUT2D eigenvalue weighted by Gasteiger charge is 2.27. The van der Waals surface area contributed by atoms with Gasteiger partial charge in [0.05, 0.1) is 37.6 Å². The van der Waals surface area contributed by atoms with E-state index in [1.54, 1.807) is 18.2 Å². The van der Waals surface area contributed by atoms with Crippen molar-refractivity contribution in [3.8, 4) is 28.4 Å². The van der Waals surface area contributed by atoms with Gasteiger partial charge in [-0.1, -0.05) is 43.0 Å². The number of aromatic nitrogens is 1. The molecule has 0 unspecified atom stereocenters. The number of aliphatic imine (C=N–C) groups is 1. The number of benzene rings is 1. The summed E-state index contributed by atoms with van der Waals surface area (Å²) in [7, 11) is 4.48. The van der Waals surface area contributed by atoms with Crippen molar-refractivity contribution in [1.82, 2.24) is 4.98 Å². The van der Waals surface area contributed by atoms with Crippen molar-refractivity contribution in [3.63, 3.8) is 0 Å². The van der Waals surface area contributed by atoms with Crippen LogP contribution in [-0.4, -0.2) is 43.9 Å². The fourth-order valence-corrected chi connectivity index (χ4v) is 3.55. The van der Waals surface area contributed by atoms with Crippen molar-refractivity contribution in [3.05, 3.63) is 88.1 Å². The lowest BCUT2D eigenvalue weighted by atomic mass is 9.98. The molecule has 0 aliphatic heterocycles. The fourth-order valence-electron chi connectivity index (χ4n) is 3.55. The Balaban J connectivity index is 2.60. The third kappa shape index (κ3) is 7.24. The molecule has 0 saturated carbocycles. The van der Waals surface area contributed by atoms with Crippen LogP contribution in [-0.2, 0) is 16.1 Å². The van der Waals surface area contributed by atoms with E-state index in [2.05, 4.69) is 23.1 Å². The van der Waals surface area contributed by atoms with E-state index in [0.29, 0.717) is 41.5 Å². The zero-order valence-electron chi connectivity index (χ0n) is 22.4. The maximum Gasteiger partial charge on any atom is 0.264 e. The molecule has 8 nitrogen and oxygen atoms in total. The molecule has 1 aromatic heterocycles. The average Bonchev–Trinajstić information content (AvgIpc) is 2.89. The summed E-state index contributed by atoms with van der Waals surface area (Å²) in [5.74, 6) is 0.734. The van der Waals surface area contributed by atoms with E-state index in [1.807, 2.05) is 39.0 Å². The first kappa shape index (κ1) is 29.2. The van der Waals surface area contributed by atoms with E-state index in [0.717, 1.165) is 11.1 Å². The highest BCUT2D eigenvalue weighted by molar-refractivity contribution is 6.00. The molecule has 198 valence electrons. The topological polar surface area (TPSA) is 102 Å².